The Balaban J connectivity index is 1.65. The number of nitrogens with zero attached hydrogens (tertiary/aromatic N) is 1. The molecule has 272 valence electrons. The summed E-state index contributed by atoms with van der Waals surface area (Å²) in [7, 11) is 0. The van der Waals surface area contributed by atoms with Crippen LogP contribution in [0.25, 0.3) is 0 Å². The Morgan fingerprint density at radius 1 is 0.776 bits per heavy atom. The zero-order valence-corrected chi connectivity index (χ0v) is 29.4. The number of likely N-dealkylation sites (tertiary alicyclic amines) is 1. The van der Waals surface area contributed by atoms with Gasteiger partial charge in [-0.05, 0) is 16.4 Å². The topological polar surface area (TPSA) is 201 Å². The number of hydrogen-bond acceptors (Lipinski definition) is 9. The first-order valence-electron chi connectivity index (χ1n) is 16.4. The maximum atomic E-state index is 12.9. The molecule has 15 heteroatoms. The van der Waals surface area contributed by atoms with E-state index in [1.54, 1.807) is 24.3 Å². The molecule has 0 spiro atoms. The lowest BCUT2D eigenvalue weighted by Gasteiger charge is -2.24. The highest BCUT2D eigenvalue weighted by atomic mass is 16.5. The molecule has 1 aliphatic heterocycles. The van der Waals surface area contributed by atoms with Crippen molar-refractivity contribution >= 4 is 41.4 Å². The minimum atomic E-state index is -1.01. The number of amides is 7. The van der Waals surface area contributed by atoms with Crippen LogP contribution in [0.3, 0.4) is 0 Å². The van der Waals surface area contributed by atoms with E-state index in [0.29, 0.717) is 6.54 Å². The summed E-state index contributed by atoms with van der Waals surface area (Å²) in [6.45, 7) is 11.2. The summed E-state index contributed by atoms with van der Waals surface area (Å²) in [6, 6.07) is 8.01. The molecule has 0 bridgehead atoms. The molecule has 0 aliphatic carbocycles. The smallest absolute Gasteiger partial charge is 0.246 e. The van der Waals surface area contributed by atoms with Gasteiger partial charge < -0.3 is 36.1 Å². The van der Waals surface area contributed by atoms with E-state index in [1.807, 2.05) is 47.6 Å². The molecule has 5 N–H and O–H groups in total. The molecule has 0 aromatic heterocycles. The molecule has 15 nitrogen and oxygen atoms in total. The average Bonchev–Trinajstić information content (AvgIpc) is 3.32. The lowest BCUT2D eigenvalue weighted by atomic mass is 9.80. The summed E-state index contributed by atoms with van der Waals surface area (Å²) < 4.78 is 10.7. The van der Waals surface area contributed by atoms with Crippen molar-refractivity contribution in [3.05, 3.63) is 35.9 Å². The molecular weight excluding hydrogens is 636 g/mol. The van der Waals surface area contributed by atoms with E-state index in [1.165, 1.54) is 4.90 Å². The van der Waals surface area contributed by atoms with E-state index in [0.717, 1.165) is 5.56 Å². The zero-order valence-electron chi connectivity index (χ0n) is 29.4. The van der Waals surface area contributed by atoms with Gasteiger partial charge in [0.2, 0.25) is 41.4 Å². The SMILES string of the molecule is CC(C)(C)CNC(=O)CNC(=O)[C@H](Cc1ccccc1)NC(=O)CNC(=O)CNC(=O)COCCOCCN1C(=O)CC(C(C)(C)C)C1=O. The minimum Gasteiger partial charge on any atom is -0.377 e. The fourth-order valence-electron chi connectivity index (χ4n) is 4.63. The van der Waals surface area contributed by atoms with Gasteiger partial charge in [-0.1, -0.05) is 71.9 Å². The Morgan fingerprint density at radius 2 is 1.37 bits per heavy atom. The largest absolute Gasteiger partial charge is 0.377 e. The fourth-order valence-corrected chi connectivity index (χ4v) is 4.63. The van der Waals surface area contributed by atoms with Gasteiger partial charge in [0.05, 0.1) is 51.9 Å². The molecule has 1 unspecified atom stereocenters. The van der Waals surface area contributed by atoms with Crippen molar-refractivity contribution in [2.24, 2.45) is 16.7 Å². The highest BCUT2D eigenvalue weighted by Crippen LogP contribution is 2.35. The zero-order chi connectivity index (χ0) is 36.6. The molecule has 7 amide bonds. The van der Waals surface area contributed by atoms with E-state index in [9.17, 15) is 33.6 Å². The van der Waals surface area contributed by atoms with E-state index < -0.39 is 42.8 Å². The van der Waals surface area contributed by atoms with Gasteiger partial charge in [0.1, 0.15) is 12.6 Å². The van der Waals surface area contributed by atoms with Gasteiger partial charge in [0.15, 0.2) is 0 Å². The molecule has 1 aromatic rings. The second kappa shape index (κ2) is 19.6. The molecule has 0 radical (unpaired) electrons. The number of carbonyl (C=O) groups is 7. The maximum absolute atomic E-state index is 12.9. The van der Waals surface area contributed by atoms with Crippen molar-refractivity contribution in [3.63, 3.8) is 0 Å². The molecule has 0 saturated carbocycles. The molecule has 2 rings (SSSR count). The molecular formula is C34H52N6O9. The predicted octanol–water partition coefficient (Wildman–Crippen LogP) is -0.321. The van der Waals surface area contributed by atoms with Crippen molar-refractivity contribution < 1.29 is 43.0 Å². The van der Waals surface area contributed by atoms with Gasteiger partial charge in [-0.2, -0.15) is 0 Å². The van der Waals surface area contributed by atoms with Crippen LogP contribution in [-0.4, -0.2) is 111 Å². The number of hydrogen-bond donors (Lipinski definition) is 5. The lowest BCUT2D eigenvalue weighted by molar-refractivity contribution is -0.141. The Bertz CT molecular complexity index is 1310. The maximum Gasteiger partial charge on any atom is 0.246 e. The van der Waals surface area contributed by atoms with Crippen LogP contribution in [0, 0.1) is 16.7 Å². The summed E-state index contributed by atoms with van der Waals surface area (Å²) in [5.41, 5.74) is 0.358. The molecule has 1 fully saturated rings. The number of carbonyl (C=O) groups excluding carboxylic acids is 7. The van der Waals surface area contributed by atoms with Gasteiger partial charge in [-0.3, -0.25) is 38.5 Å². The first-order chi connectivity index (χ1) is 23.0. The summed E-state index contributed by atoms with van der Waals surface area (Å²) in [4.78, 5) is 87.8. The Labute approximate surface area is 288 Å². The third kappa shape index (κ3) is 16.1. The third-order valence-corrected chi connectivity index (χ3v) is 7.42. The second-order valence-electron chi connectivity index (χ2n) is 14.1. The fraction of sp³-hybridized carbons (Fsp3) is 0.618. The van der Waals surface area contributed by atoms with E-state index in [-0.39, 0.29) is 86.8 Å². The monoisotopic (exact) mass is 688 g/mol. The van der Waals surface area contributed by atoms with Crippen LogP contribution in [0.4, 0.5) is 0 Å². The molecule has 1 aromatic carbocycles. The standard InChI is InChI=1S/C34H52N6O9/c1-33(2,3)22-38-27(42)19-37-31(46)25(16-23-10-8-7-9-11-23)39-28(43)20-35-26(41)18-36-29(44)21-49-15-14-48-13-12-40-30(45)17-24(32(40)47)34(4,5)6/h7-11,24-25H,12-22H2,1-6H3,(H,35,41)(H,36,44)(H,37,46)(H,38,42)(H,39,43)/t24?,25-/m0/s1. The first-order valence-corrected chi connectivity index (χ1v) is 16.4. The van der Waals surface area contributed by atoms with Gasteiger partial charge in [0.25, 0.3) is 0 Å². The molecule has 1 heterocycles. The van der Waals surface area contributed by atoms with E-state index in [4.69, 9.17) is 9.47 Å². The van der Waals surface area contributed by atoms with Crippen LogP contribution in [0.15, 0.2) is 30.3 Å². The van der Waals surface area contributed by atoms with Crippen LogP contribution in [0.2, 0.25) is 0 Å². The minimum absolute atomic E-state index is 0.0750. The van der Waals surface area contributed by atoms with Crippen LogP contribution in [-0.2, 0) is 49.5 Å². The molecule has 1 saturated heterocycles. The van der Waals surface area contributed by atoms with Crippen molar-refractivity contribution in [3.8, 4) is 0 Å². The van der Waals surface area contributed by atoms with Crippen LogP contribution >= 0.6 is 0 Å². The Morgan fingerprint density at radius 3 is 2.00 bits per heavy atom. The lowest BCUT2D eigenvalue weighted by Crippen LogP contribution is -2.52. The van der Waals surface area contributed by atoms with Gasteiger partial charge in [0, 0.05) is 19.4 Å². The summed E-state index contributed by atoms with van der Waals surface area (Å²) in [5, 5.41) is 12.6. The van der Waals surface area contributed by atoms with Gasteiger partial charge in [-0.15, -0.1) is 0 Å². The number of benzene rings is 1. The van der Waals surface area contributed by atoms with Gasteiger partial charge >= 0.3 is 0 Å². The number of nitrogens with one attached hydrogen (secondary N) is 5. The predicted molar refractivity (Wildman–Crippen MR) is 179 cm³/mol. The first kappa shape index (κ1) is 40.8. The van der Waals surface area contributed by atoms with E-state index >= 15 is 0 Å². The van der Waals surface area contributed by atoms with Crippen molar-refractivity contribution in [2.75, 3.05) is 59.2 Å². The van der Waals surface area contributed by atoms with Crippen molar-refractivity contribution in [1.29, 1.82) is 0 Å². The van der Waals surface area contributed by atoms with E-state index in [2.05, 4.69) is 26.6 Å². The van der Waals surface area contributed by atoms with Crippen molar-refractivity contribution in [1.82, 2.24) is 31.5 Å². The number of ether oxygens (including phenoxy) is 2. The van der Waals surface area contributed by atoms with Crippen LogP contribution in [0.5, 0.6) is 0 Å². The Hall–Kier alpha value is -4.37. The average molecular weight is 689 g/mol. The van der Waals surface area contributed by atoms with Crippen molar-refractivity contribution in [2.45, 2.75) is 60.4 Å². The van der Waals surface area contributed by atoms with Crippen LogP contribution < -0.4 is 26.6 Å². The molecule has 1 aliphatic rings. The number of imide groups is 1. The van der Waals surface area contributed by atoms with Gasteiger partial charge in [-0.25, -0.2) is 0 Å². The summed E-state index contributed by atoms with van der Waals surface area (Å²) in [6.07, 6.45) is 0.354. The number of rotatable bonds is 19. The molecule has 2 atom stereocenters. The summed E-state index contributed by atoms with van der Waals surface area (Å²) in [5.74, 6) is -3.50. The quantitative estimate of drug-likeness (QED) is 0.0954. The molecule has 49 heavy (non-hydrogen) atoms. The summed E-state index contributed by atoms with van der Waals surface area (Å²) >= 11 is 0. The third-order valence-electron chi connectivity index (χ3n) is 7.42. The normalized spacial score (nSPS) is 15.4. The van der Waals surface area contributed by atoms with Crippen LogP contribution in [0.1, 0.15) is 53.5 Å². The highest BCUT2D eigenvalue weighted by molar-refractivity contribution is 6.03. The Kier molecular flexibility index (Phi) is 16.3. The highest BCUT2D eigenvalue weighted by Gasteiger charge is 2.44. The second-order valence-corrected chi connectivity index (χ2v) is 14.1.